The molecule has 0 saturated heterocycles. The Labute approximate surface area is 117 Å². The van der Waals surface area contributed by atoms with Crippen LogP contribution in [-0.4, -0.2) is 5.78 Å². The highest BCUT2D eigenvalue weighted by Crippen LogP contribution is 2.34. The Bertz CT molecular complexity index is 524. The van der Waals surface area contributed by atoms with Gasteiger partial charge in [-0.3, -0.25) is 4.79 Å². The van der Waals surface area contributed by atoms with Gasteiger partial charge in [-0.15, -0.1) is 0 Å². The highest BCUT2D eigenvalue weighted by molar-refractivity contribution is 9.10. The summed E-state index contributed by atoms with van der Waals surface area (Å²) in [6.07, 6.45) is 7.51. The number of hydrogen-bond donors (Lipinski definition) is 0. The van der Waals surface area contributed by atoms with Gasteiger partial charge in [-0.1, -0.05) is 54.1 Å². The van der Waals surface area contributed by atoms with E-state index in [2.05, 4.69) is 54.1 Å². The van der Waals surface area contributed by atoms with E-state index >= 15 is 0 Å². The summed E-state index contributed by atoms with van der Waals surface area (Å²) in [6.45, 7) is 4.29. The largest absolute Gasteiger partial charge is 0.295 e. The Hall–Kier alpha value is -1.15. The third-order valence-corrected chi connectivity index (χ3v) is 3.51. The van der Waals surface area contributed by atoms with Crippen molar-refractivity contribution >= 4 is 27.8 Å². The number of hydrogen-bond acceptors (Lipinski definition) is 1. The van der Waals surface area contributed by atoms with Gasteiger partial charge in [0, 0.05) is 10.9 Å². The molecule has 0 saturated carbocycles. The molecule has 1 nitrogen and oxygen atoms in total. The first-order valence-electron chi connectivity index (χ1n) is 6.12. The van der Waals surface area contributed by atoms with Gasteiger partial charge in [-0.25, -0.2) is 0 Å². The fourth-order valence-electron chi connectivity index (χ4n) is 2.32. The fourth-order valence-corrected chi connectivity index (χ4v) is 2.73. The molecule has 0 aliphatic heterocycles. The second kappa shape index (κ2) is 5.23. The Morgan fingerprint density at radius 1 is 1.22 bits per heavy atom. The molecule has 0 heterocycles. The summed E-state index contributed by atoms with van der Waals surface area (Å²) in [5.41, 5.74) is 2.35. The smallest absolute Gasteiger partial charge is 0.156 e. The van der Waals surface area contributed by atoms with Gasteiger partial charge in [-0.2, -0.15) is 0 Å². The summed E-state index contributed by atoms with van der Waals surface area (Å²) in [6, 6.07) is 8.13. The van der Waals surface area contributed by atoms with Crippen LogP contribution in [0.1, 0.15) is 32.3 Å². The zero-order chi connectivity index (χ0) is 13.2. The second-order valence-corrected chi connectivity index (χ2v) is 6.51. The lowest BCUT2D eigenvalue weighted by molar-refractivity contribution is -0.116. The van der Waals surface area contributed by atoms with E-state index in [0.717, 1.165) is 22.0 Å². The van der Waals surface area contributed by atoms with Gasteiger partial charge < -0.3 is 0 Å². The van der Waals surface area contributed by atoms with Gasteiger partial charge in [0.2, 0.25) is 0 Å². The molecule has 0 radical (unpaired) electrons. The van der Waals surface area contributed by atoms with Gasteiger partial charge in [0.1, 0.15) is 0 Å². The number of allylic oxidation sites excluding steroid dienone is 3. The molecular weight excluding hydrogens is 288 g/mol. The number of benzene rings is 1. The second-order valence-electron chi connectivity index (χ2n) is 5.59. The van der Waals surface area contributed by atoms with E-state index in [1.807, 2.05) is 12.1 Å². The van der Waals surface area contributed by atoms with E-state index in [-0.39, 0.29) is 11.2 Å². The molecule has 0 aromatic heterocycles. The number of halogens is 1. The number of carbonyl (C=O) groups excluding carboxylic acids is 1. The number of ketones is 1. The van der Waals surface area contributed by atoms with Crippen LogP contribution in [0.5, 0.6) is 0 Å². The van der Waals surface area contributed by atoms with E-state index < -0.39 is 0 Å². The minimum absolute atomic E-state index is 0.0861. The lowest BCUT2D eigenvalue weighted by Crippen LogP contribution is -2.21. The molecule has 1 aromatic carbocycles. The summed E-state index contributed by atoms with van der Waals surface area (Å²) in [7, 11) is 0. The minimum atomic E-state index is 0.0861. The fraction of sp³-hybridized carbons (Fsp3) is 0.312. The van der Waals surface area contributed by atoms with E-state index in [1.54, 1.807) is 6.08 Å². The summed E-state index contributed by atoms with van der Waals surface area (Å²) < 4.78 is 1.07. The Kier molecular flexibility index (Phi) is 3.86. The third-order valence-electron chi connectivity index (χ3n) is 3.02. The number of carbonyl (C=O) groups is 1. The SMILES string of the molecule is CC1(C)CC(=O)C=C(C=Cc2cccc(Br)c2)C1. The van der Waals surface area contributed by atoms with Crippen molar-refractivity contribution in [1.82, 2.24) is 0 Å². The lowest BCUT2D eigenvalue weighted by atomic mass is 9.77. The quantitative estimate of drug-likeness (QED) is 0.768. The molecule has 0 bridgehead atoms. The molecule has 1 aliphatic carbocycles. The van der Waals surface area contributed by atoms with Crippen molar-refractivity contribution < 1.29 is 4.79 Å². The minimum Gasteiger partial charge on any atom is -0.295 e. The van der Waals surface area contributed by atoms with Crippen molar-refractivity contribution in [3.63, 3.8) is 0 Å². The monoisotopic (exact) mass is 304 g/mol. The van der Waals surface area contributed by atoms with Crippen molar-refractivity contribution in [2.45, 2.75) is 26.7 Å². The molecular formula is C16H17BrO. The lowest BCUT2D eigenvalue weighted by Gasteiger charge is -2.27. The molecule has 0 unspecified atom stereocenters. The van der Waals surface area contributed by atoms with Crippen molar-refractivity contribution in [3.8, 4) is 0 Å². The maximum atomic E-state index is 11.6. The molecule has 2 heteroatoms. The predicted molar refractivity (Wildman–Crippen MR) is 79.3 cm³/mol. The van der Waals surface area contributed by atoms with Crippen LogP contribution >= 0.6 is 15.9 Å². The van der Waals surface area contributed by atoms with Gasteiger partial charge in [0.15, 0.2) is 5.78 Å². The first-order chi connectivity index (χ1) is 8.44. The molecule has 2 rings (SSSR count). The molecule has 1 aromatic rings. The summed E-state index contributed by atoms with van der Waals surface area (Å²) in [5.74, 6) is 0.236. The van der Waals surface area contributed by atoms with Crippen molar-refractivity contribution in [2.75, 3.05) is 0 Å². The van der Waals surface area contributed by atoms with Crippen LogP contribution in [0.3, 0.4) is 0 Å². The standard InChI is InChI=1S/C16H17BrO/c1-16(2)10-13(9-15(18)11-16)7-6-12-4-3-5-14(17)8-12/h3-9H,10-11H2,1-2H3. The van der Waals surface area contributed by atoms with Crippen LogP contribution in [0, 0.1) is 5.41 Å². The first kappa shape index (κ1) is 13.3. The van der Waals surface area contributed by atoms with Crippen LogP contribution in [0.25, 0.3) is 6.08 Å². The number of rotatable bonds is 2. The molecule has 94 valence electrons. The third kappa shape index (κ3) is 3.67. The average molecular weight is 305 g/mol. The van der Waals surface area contributed by atoms with Crippen LogP contribution in [0.15, 0.2) is 46.5 Å². The Balaban J connectivity index is 2.16. The van der Waals surface area contributed by atoms with E-state index in [0.29, 0.717) is 6.42 Å². The van der Waals surface area contributed by atoms with Crippen molar-refractivity contribution in [1.29, 1.82) is 0 Å². The van der Waals surface area contributed by atoms with E-state index in [9.17, 15) is 4.79 Å². The first-order valence-corrected chi connectivity index (χ1v) is 6.91. The van der Waals surface area contributed by atoms with Gasteiger partial charge in [-0.05, 0) is 41.2 Å². The maximum absolute atomic E-state index is 11.6. The molecule has 1 aliphatic rings. The van der Waals surface area contributed by atoms with Gasteiger partial charge in [0.05, 0.1) is 0 Å². The molecule has 0 atom stereocenters. The molecule has 18 heavy (non-hydrogen) atoms. The van der Waals surface area contributed by atoms with Crippen molar-refractivity contribution in [3.05, 3.63) is 52.0 Å². The van der Waals surface area contributed by atoms with E-state index in [4.69, 9.17) is 0 Å². The summed E-state index contributed by atoms with van der Waals surface area (Å²) >= 11 is 3.45. The zero-order valence-corrected chi connectivity index (χ0v) is 12.3. The summed E-state index contributed by atoms with van der Waals surface area (Å²) in [4.78, 5) is 11.6. The van der Waals surface area contributed by atoms with Crippen LogP contribution in [0.2, 0.25) is 0 Å². The highest BCUT2D eigenvalue weighted by atomic mass is 79.9. The highest BCUT2D eigenvalue weighted by Gasteiger charge is 2.26. The Morgan fingerprint density at radius 3 is 2.67 bits per heavy atom. The molecule has 0 N–H and O–H groups in total. The molecule has 0 fully saturated rings. The zero-order valence-electron chi connectivity index (χ0n) is 10.7. The molecule has 0 spiro atoms. The van der Waals surface area contributed by atoms with Crippen LogP contribution in [-0.2, 0) is 4.79 Å². The van der Waals surface area contributed by atoms with Crippen molar-refractivity contribution in [2.24, 2.45) is 5.41 Å². The van der Waals surface area contributed by atoms with Gasteiger partial charge in [0.25, 0.3) is 0 Å². The normalized spacial score (nSPS) is 19.1. The van der Waals surface area contributed by atoms with Crippen LogP contribution < -0.4 is 0 Å². The predicted octanol–water partition coefficient (Wildman–Crippen LogP) is 4.78. The molecule has 0 amide bonds. The van der Waals surface area contributed by atoms with Crippen LogP contribution in [0.4, 0.5) is 0 Å². The Morgan fingerprint density at radius 2 is 2.00 bits per heavy atom. The maximum Gasteiger partial charge on any atom is 0.156 e. The topological polar surface area (TPSA) is 17.1 Å². The average Bonchev–Trinajstić information content (AvgIpc) is 2.24. The summed E-state index contributed by atoms with van der Waals surface area (Å²) in [5, 5.41) is 0. The van der Waals surface area contributed by atoms with E-state index in [1.165, 1.54) is 0 Å². The van der Waals surface area contributed by atoms with Gasteiger partial charge >= 0.3 is 0 Å².